The molecule has 2 aliphatic heterocycles. The van der Waals surface area contributed by atoms with Crippen LogP contribution < -0.4 is 9.96 Å². The topological polar surface area (TPSA) is 93.0 Å². The van der Waals surface area contributed by atoms with Gasteiger partial charge in [0.2, 0.25) is 5.91 Å². The molecule has 0 aliphatic carbocycles. The van der Waals surface area contributed by atoms with Crippen molar-refractivity contribution in [2.45, 2.75) is 12.1 Å². The third-order valence-corrected chi connectivity index (χ3v) is 6.56. The number of para-hydroxylation sites is 1. The molecule has 0 radical (unpaired) electrons. The molecule has 3 atom stereocenters. The molecule has 0 aromatic heterocycles. The third kappa shape index (κ3) is 3.34. The van der Waals surface area contributed by atoms with Gasteiger partial charge in [-0.2, -0.15) is 0 Å². The van der Waals surface area contributed by atoms with Gasteiger partial charge in [0.05, 0.1) is 22.3 Å². The molecule has 172 valence electrons. The highest BCUT2D eigenvalue weighted by Crippen LogP contribution is 2.47. The minimum absolute atomic E-state index is 0.0536. The molecule has 0 spiro atoms. The second-order valence-corrected chi connectivity index (χ2v) is 8.55. The smallest absolute Gasteiger partial charge is 0.269 e. The number of hydrogen-bond donors (Lipinski definition) is 0. The number of benzene rings is 4. The number of hydroxylamine groups is 1. The van der Waals surface area contributed by atoms with Crippen LogP contribution >= 0.6 is 0 Å². The van der Waals surface area contributed by atoms with E-state index in [0.717, 1.165) is 10.8 Å². The Bertz CT molecular complexity index is 1470. The highest BCUT2D eigenvalue weighted by molar-refractivity contribution is 6.24. The van der Waals surface area contributed by atoms with Crippen molar-refractivity contribution in [1.82, 2.24) is 0 Å². The standard InChI is InChI=1S/C27H19N3O5/c31-26-23-24(18-11-13-21(14-12-18)30(33)34)29(20-8-2-1-3-9-20)35-25(23)27(32)28(26)22-15-10-17-6-4-5-7-19(17)16-22/h1-16,23-25H/t23-,24+,25-/m1/s1. The van der Waals surface area contributed by atoms with Gasteiger partial charge in [-0.25, -0.2) is 9.96 Å². The van der Waals surface area contributed by atoms with Crippen LogP contribution in [-0.4, -0.2) is 22.8 Å². The van der Waals surface area contributed by atoms with Crippen molar-refractivity contribution in [1.29, 1.82) is 0 Å². The molecule has 0 saturated carbocycles. The average Bonchev–Trinajstić information content (AvgIpc) is 3.40. The van der Waals surface area contributed by atoms with Crippen molar-refractivity contribution in [3.05, 3.63) is 113 Å². The first kappa shape index (κ1) is 21.0. The molecule has 0 N–H and O–H groups in total. The minimum Gasteiger partial charge on any atom is -0.273 e. The summed E-state index contributed by atoms with van der Waals surface area (Å²) in [6, 6.07) is 27.8. The Morgan fingerprint density at radius 2 is 1.43 bits per heavy atom. The second kappa shape index (κ2) is 8.03. The largest absolute Gasteiger partial charge is 0.273 e. The number of nitrogens with zero attached hydrogens (tertiary/aromatic N) is 3. The van der Waals surface area contributed by atoms with Crippen LogP contribution in [0.15, 0.2) is 97.1 Å². The fraction of sp³-hybridized carbons (Fsp3) is 0.111. The monoisotopic (exact) mass is 465 g/mol. The molecule has 2 amide bonds. The molecule has 0 unspecified atom stereocenters. The van der Waals surface area contributed by atoms with E-state index in [-0.39, 0.29) is 11.6 Å². The summed E-state index contributed by atoms with van der Waals surface area (Å²) in [4.78, 5) is 45.3. The van der Waals surface area contributed by atoms with Crippen molar-refractivity contribution in [3.63, 3.8) is 0 Å². The van der Waals surface area contributed by atoms with Crippen LogP contribution in [0.5, 0.6) is 0 Å². The fourth-order valence-electron chi connectivity index (χ4n) is 4.92. The maximum Gasteiger partial charge on any atom is 0.269 e. The summed E-state index contributed by atoms with van der Waals surface area (Å²) in [6.07, 6.45) is -1.01. The Kier molecular flexibility index (Phi) is 4.82. The Morgan fingerprint density at radius 1 is 0.743 bits per heavy atom. The summed E-state index contributed by atoms with van der Waals surface area (Å²) in [5.41, 5.74) is 1.77. The van der Waals surface area contributed by atoms with Crippen LogP contribution in [0.3, 0.4) is 0 Å². The number of anilines is 2. The van der Waals surface area contributed by atoms with E-state index in [2.05, 4.69) is 0 Å². The van der Waals surface area contributed by atoms with Gasteiger partial charge in [-0.1, -0.05) is 60.7 Å². The summed E-state index contributed by atoms with van der Waals surface area (Å²) in [7, 11) is 0. The summed E-state index contributed by atoms with van der Waals surface area (Å²) in [6.45, 7) is 0. The van der Waals surface area contributed by atoms with E-state index in [9.17, 15) is 19.7 Å². The Balaban J connectivity index is 1.42. The summed E-state index contributed by atoms with van der Waals surface area (Å²) < 4.78 is 0. The number of nitro groups is 1. The van der Waals surface area contributed by atoms with Gasteiger partial charge >= 0.3 is 0 Å². The molecule has 8 nitrogen and oxygen atoms in total. The molecule has 8 heteroatoms. The van der Waals surface area contributed by atoms with E-state index in [0.29, 0.717) is 16.9 Å². The molecule has 2 fully saturated rings. The maximum absolute atomic E-state index is 13.8. The minimum atomic E-state index is -1.01. The zero-order valence-electron chi connectivity index (χ0n) is 18.4. The zero-order valence-corrected chi connectivity index (χ0v) is 18.4. The first-order valence-electron chi connectivity index (χ1n) is 11.1. The van der Waals surface area contributed by atoms with Crippen molar-refractivity contribution >= 4 is 39.6 Å². The zero-order chi connectivity index (χ0) is 24.1. The Hall–Kier alpha value is -4.56. The van der Waals surface area contributed by atoms with Gasteiger partial charge in [0.1, 0.15) is 5.92 Å². The van der Waals surface area contributed by atoms with Crippen LogP contribution in [0.25, 0.3) is 10.8 Å². The number of rotatable bonds is 4. The highest BCUT2D eigenvalue weighted by Gasteiger charge is 2.60. The molecule has 35 heavy (non-hydrogen) atoms. The highest BCUT2D eigenvalue weighted by atomic mass is 16.7. The molecule has 0 bridgehead atoms. The SMILES string of the molecule is O=C1[C@H]2[C@@H](ON(c3ccccc3)[C@H]2c2ccc([N+](=O)[O-])cc2)C(=O)N1c1ccc2ccccc2c1. The lowest BCUT2D eigenvalue weighted by Crippen LogP contribution is -2.37. The molecular weight excluding hydrogens is 446 g/mol. The van der Waals surface area contributed by atoms with Gasteiger partial charge in [0.15, 0.2) is 6.10 Å². The number of hydrogen-bond acceptors (Lipinski definition) is 6. The Labute approximate surface area is 200 Å². The van der Waals surface area contributed by atoms with E-state index in [1.54, 1.807) is 23.3 Å². The average molecular weight is 465 g/mol. The van der Waals surface area contributed by atoms with Crippen LogP contribution in [0.1, 0.15) is 11.6 Å². The molecule has 4 aromatic rings. The fourth-order valence-corrected chi connectivity index (χ4v) is 4.92. The second-order valence-electron chi connectivity index (χ2n) is 8.55. The van der Waals surface area contributed by atoms with Crippen molar-refractivity contribution in [2.24, 2.45) is 5.92 Å². The van der Waals surface area contributed by atoms with Crippen molar-refractivity contribution in [3.8, 4) is 0 Å². The van der Waals surface area contributed by atoms with E-state index >= 15 is 0 Å². The number of carbonyl (C=O) groups is 2. The van der Waals surface area contributed by atoms with E-state index in [4.69, 9.17) is 4.84 Å². The van der Waals surface area contributed by atoms with Gasteiger partial charge in [-0.15, -0.1) is 0 Å². The first-order valence-corrected chi connectivity index (χ1v) is 11.1. The molecule has 2 heterocycles. The summed E-state index contributed by atoms with van der Waals surface area (Å²) >= 11 is 0. The van der Waals surface area contributed by atoms with Crippen LogP contribution in [-0.2, 0) is 14.4 Å². The number of amides is 2. The number of carbonyl (C=O) groups excluding carboxylic acids is 2. The molecule has 2 saturated heterocycles. The number of nitro benzene ring substituents is 1. The maximum atomic E-state index is 13.8. The lowest BCUT2D eigenvalue weighted by Gasteiger charge is -2.28. The lowest BCUT2D eigenvalue weighted by molar-refractivity contribution is -0.384. The van der Waals surface area contributed by atoms with Crippen LogP contribution in [0, 0.1) is 16.0 Å². The van der Waals surface area contributed by atoms with Gasteiger partial charge in [-0.05, 0) is 40.6 Å². The van der Waals surface area contributed by atoms with Crippen LogP contribution in [0.4, 0.5) is 17.1 Å². The predicted molar refractivity (Wildman–Crippen MR) is 130 cm³/mol. The van der Waals surface area contributed by atoms with Gasteiger partial charge in [0, 0.05) is 12.1 Å². The first-order chi connectivity index (χ1) is 17.0. The summed E-state index contributed by atoms with van der Waals surface area (Å²) in [5, 5.41) is 14.7. The number of fused-ring (bicyclic) bond motifs is 2. The molecule has 6 rings (SSSR count). The number of imide groups is 1. The molecule has 2 aliphatic rings. The van der Waals surface area contributed by atoms with E-state index in [1.165, 1.54) is 17.0 Å². The number of non-ortho nitro benzene ring substituents is 1. The normalized spacial score (nSPS) is 21.5. The summed E-state index contributed by atoms with van der Waals surface area (Å²) in [5.74, 6) is -1.60. The quantitative estimate of drug-likeness (QED) is 0.244. The van der Waals surface area contributed by atoms with E-state index < -0.39 is 28.9 Å². The van der Waals surface area contributed by atoms with Crippen molar-refractivity contribution < 1.29 is 19.3 Å². The van der Waals surface area contributed by atoms with Crippen LogP contribution in [0.2, 0.25) is 0 Å². The van der Waals surface area contributed by atoms with Gasteiger partial charge < -0.3 is 0 Å². The third-order valence-electron chi connectivity index (χ3n) is 6.56. The Morgan fingerprint density at radius 3 is 2.14 bits per heavy atom. The lowest BCUT2D eigenvalue weighted by atomic mass is 9.90. The molecule has 4 aromatic carbocycles. The predicted octanol–water partition coefficient (Wildman–Crippen LogP) is 4.80. The van der Waals surface area contributed by atoms with Crippen molar-refractivity contribution in [2.75, 3.05) is 9.96 Å². The molecular formula is C27H19N3O5. The van der Waals surface area contributed by atoms with Gasteiger partial charge in [0.25, 0.3) is 11.6 Å². The van der Waals surface area contributed by atoms with Gasteiger partial charge in [-0.3, -0.25) is 24.5 Å². The van der Waals surface area contributed by atoms with E-state index in [1.807, 2.05) is 66.7 Å².